The lowest BCUT2D eigenvalue weighted by Crippen LogP contribution is -2.50. The van der Waals surface area contributed by atoms with E-state index in [0.717, 1.165) is 50.2 Å². The number of carbonyl (C=O) groups is 2. The first-order valence-corrected chi connectivity index (χ1v) is 12.4. The number of nitrogens with zero attached hydrogens (tertiary/aromatic N) is 3. The number of fused-ring (bicyclic) bond motifs is 1. The Morgan fingerprint density at radius 1 is 1.00 bits per heavy atom. The molecule has 0 bridgehead atoms. The van der Waals surface area contributed by atoms with Gasteiger partial charge in [0.2, 0.25) is 11.8 Å². The highest BCUT2D eigenvalue weighted by Crippen LogP contribution is 2.32. The smallest absolute Gasteiger partial charge is 0.241 e. The molecule has 0 spiro atoms. The van der Waals surface area contributed by atoms with E-state index >= 15 is 0 Å². The molecule has 3 fully saturated rings. The molecule has 1 aliphatic carbocycles. The first-order chi connectivity index (χ1) is 16.2. The van der Waals surface area contributed by atoms with Gasteiger partial charge in [-0.25, -0.2) is 10.1 Å². The van der Waals surface area contributed by atoms with E-state index in [1.807, 2.05) is 46.0 Å². The van der Waals surface area contributed by atoms with Crippen molar-refractivity contribution in [1.82, 2.24) is 25.5 Å². The zero-order valence-electron chi connectivity index (χ0n) is 19.1. The molecule has 3 atom stereocenters. The standard InChI is InChI=1S/C25H34N6O2/c32-23(11-10-18-6-2-1-3-7-18)27-22-12-15-26-31(22)19-13-16-30(17-14-19)25(33)24-20-8-4-5-9-21(20)28-29-24/h1-3,6-7,12,15,19-21,24,28-29H,4-5,8-11,13-14,16-17H2,(H,27,32). The number of aromatic nitrogens is 2. The van der Waals surface area contributed by atoms with E-state index in [1.165, 1.54) is 12.8 Å². The van der Waals surface area contributed by atoms with Crippen LogP contribution in [0.1, 0.15) is 56.6 Å². The minimum absolute atomic E-state index is 0.00457. The van der Waals surface area contributed by atoms with Crippen molar-refractivity contribution in [3.63, 3.8) is 0 Å². The molecule has 2 aliphatic heterocycles. The predicted molar refractivity (Wildman–Crippen MR) is 126 cm³/mol. The van der Waals surface area contributed by atoms with Gasteiger partial charge in [0, 0.05) is 37.5 Å². The number of rotatable bonds is 6. The van der Waals surface area contributed by atoms with Crippen LogP contribution in [0.3, 0.4) is 0 Å². The number of anilines is 1. The average Bonchev–Trinajstić information content (AvgIpc) is 3.50. The summed E-state index contributed by atoms with van der Waals surface area (Å²) in [6.45, 7) is 1.45. The molecule has 176 valence electrons. The maximum atomic E-state index is 13.2. The van der Waals surface area contributed by atoms with Gasteiger partial charge in [-0.05, 0) is 37.7 Å². The van der Waals surface area contributed by atoms with Crippen molar-refractivity contribution >= 4 is 17.6 Å². The van der Waals surface area contributed by atoms with E-state index in [4.69, 9.17) is 0 Å². The summed E-state index contributed by atoms with van der Waals surface area (Å²) in [5.74, 6) is 1.37. The zero-order chi connectivity index (χ0) is 22.6. The van der Waals surface area contributed by atoms with E-state index in [0.29, 0.717) is 24.8 Å². The van der Waals surface area contributed by atoms with Gasteiger partial charge in [-0.15, -0.1) is 0 Å². The molecule has 2 saturated heterocycles. The SMILES string of the molecule is O=C(CCc1ccccc1)Nc1ccnn1C1CCN(C(=O)C2NNC3CCCCC32)CC1. The number of hydrazine groups is 1. The van der Waals surface area contributed by atoms with Gasteiger partial charge < -0.3 is 10.2 Å². The molecule has 3 heterocycles. The Labute approximate surface area is 195 Å². The van der Waals surface area contributed by atoms with E-state index in [2.05, 4.69) is 21.3 Å². The largest absolute Gasteiger partial charge is 0.341 e. The van der Waals surface area contributed by atoms with Crippen molar-refractivity contribution < 1.29 is 9.59 Å². The quantitative estimate of drug-likeness (QED) is 0.629. The molecule has 2 amide bonds. The second kappa shape index (κ2) is 10.1. The third kappa shape index (κ3) is 4.96. The number of piperidine rings is 1. The van der Waals surface area contributed by atoms with E-state index in [-0.39, 0.29) is 23.9 Å². The molecule has 3 N–H and O–H groups in total. The van der Waals surface area contributed by atoms with Gasteiger partial charge in [0.25, 0.3) is 0 Å². The Hall–Kier alpha value is -2.71. The van der Waals surface area contributed by atoms with Gasteiger partial charge in [0.05, 0.1) is 12.2 Å². The van der Waals surface area contributed by atoms with Crippen LogP contribution in [0, 0.1) is 5.92 Å². The number of hydrogen-bond acceptors (Lipinski definition) is 5. The van der Waals surface area contributed by atoms with Crippen LogP contribution in [0.5, 0.6) is 0 Å². The molecule has 1 aromatic carbocycles. The monoisotopic (exact) mass is 450 g/mol. The molecular formula is C25H34N6O2. The normalized spacial score (nSPS) is 25.6. The van der Waals surface area contributed by atoms with E-state index < -0.39 is 0 Å². The van der Waals surface area contributed by atoms with Crippen molar-refractivity contribution in [2.45, 2.75) is 69.5 Å². The highest BCUT2D eigenvalue weighted by Gasteiger charge is 2.43. The number of amides is 2. The van der Waals surface area contributed by atoms with Gasteiger partial charge in [0.15, 0.2) is 0 Å². The van der Waals surface area contributed by atoms with Crippen molar-refractivity contribution in [3.05, 3.63) is 48.2 Å². The lowest BCUT2D eigenvalue weighted by molar-refractivity contribution is -0.135. The number of nitrogens with one attached hydrogen (secondary N) is 3. The number of benzene rings is 1. The van der Waals surface area contributed by atoms with Gasteiger partial charge in [-0.1, -0.05) is 43.2 Å². The molecule has 8 nitrogen and oxygen atoms in total. The lowest BCUT2D eigenvalue weighted by Gasteiger charge is -2.35. The van der Waals surface area contributed by atoms with Crippen molar-refractivity contribution in [2.24, 2.45) is 5.92 Å². The Morgan fingerprint density at radius 2 is 1.79 bits per heavy atom. The molecule has 3 unspecified atom stereocenters. The van der Waals surface area contributed by atoms with Crippen LogP contribution in [-0.2, 0) is 16.0 Å². The summed E-state index contributed by atoms with van der Waals surface area (Å²) in [6, 6.07) is 12.4. The Morgan fingerprint density at radius 3 is 2.61 bits per heavy atom. The summed E-state index contributed by atoms with van der Waals surface area (Å²) in [5.41, 5.74) is 7.79. The predicted octanol–water partition coefficient (Wildman–Crippen LogP) is 2.65. The van der Waals surface area contributed by atoms with Gasteiger partial charge >= 0.3 is 0 Å². The van der Waals surface area contributed by atoms with Crippen LogP contribution in [-0.4, -0.2) is 51.7 Å². The topological polar surface area (TPSA) is 91.3 Å². The molecule has 0 radical (unpaired) electrons. The minimum atomic E-state index is -0.101. The summed E-state index contributed by atoms with van der Waals surface area (Å²) in [6.07, 6.45) is 9.32. The number of likely N-dealkylation sites (tertiary alicyclic amines) is 1. The molecule has 33 heavy (non-hydrogen) atoms. The van der Waals surface area contributed by atoms with Gasteiger partial charge in [0.1, 0.15) is 11.9 Å². The second-order valence-electron chi connectivity index (χ2n) is 9.57. The molecule has 8 heteroatoms. The molecular weight excluding hydrogens is 416 g/mol. The van der Waals surface area contributed by atoms with Gasteiger partial charge in [-0.3, -0.25) is 15.0 Å². The average molecular weight is 451 g/mol. The lowest BCUT2D eigenvalue weighted by atomic mass is 9.81. The number of hydrogen-bond donors (Lipinski definition) is 3. The first kappa shape index (κ1) is 22.1. The van der Waals surface area contributed by atoms with Gasteiger partial charge in [-0.2, -0.15) is 5.10 Å². The summed E-state index contributed by atoms with van der Waals surface area (Å²) >= 11 is 0. The molecule has 1 saturated carbocycles. The van der Waals surface area contributed by atoms with E-state index in [1.54, 1.807) is 6.20 Å². The van der Waals surface area contributed by atoms with Crippen LogP contribution in [0.15, 0.2) is 42.6 Å². The summed E-state index contributed by atoms with van der Waals surface area (Å²) in [7, 11) is 0. The third-order valence-corrected chi connectivity index (χ3v) is 7.48. The third-order valence-electron chi connectivity index (χ3n) is 7.48. The highest BCUT2D eigenvalue weighted by atomic mass is 16.2. The molecule has 3 aliphatic rings. The molecule has 5 rings (SSSR count). The van der Waals surface area contributed by atoms with E-state index in [9.17, 15) is 9.59 Å². The number of aryl methyl sites for hydroxylation is 1. The Kier molecular flexibility index (Phi) is 6.73. The van der Waals surface area contributed by atoms with Crippen LogP contribution >= 0.6 is 0 Å². The zero-order valence-corrected chi connectivity index (χ0v) is 19.1. The highest BCUT2D eigenvalue weighted by molar-refractivity contribution is 5.90. The summed E-state index contributed by atoms with van der Waals surface area (Å²) in [4.78, 5) is 27.7. The fourth-order valence-electron chi connectivity index (χ4n) is 5.63. The van der Waals surface area contributed by atoms with Crippen molar-refractivity contribution in [1.29, 1.82) is 0 Å². The number of carbonyl (C=O) groups excluding carboxylic acids is 2. The van der Waals surface area contributed by atoms with Crippen LogP contribution in [0.4, 0.5) is 5.82 Å². The Balaban J connectivity index is 1.13. The maximum Gasteiger partial charge on any atom is 0.241 e. The van der Waals surface area contributed by atoms with Crippen LogP contribution in [0.25, 0.3) is 0 Å². The fourth-order valence-corrected chi connectivity index (χ4v) is 5.63. The van der Waals surface area contributed by atoms with Crippen LogP contribution < -0.4 is 16.2 Å². The summed E-state index contributed by atoms with van der Waals surface area (Å²) in [5, 5.41) is 7.52. The second-order valence-corrected chi connectivity index (χ2v) is 9.57. The molecule has 2 aromatic rings. The maximum absolute atomic E-state index is 13.2. The Bertz CT molecular complexity index is 953. The first-order valence-electron chi connectivity index (χ1n) is 12.4. The minimum Gasteiger partial charge on any atom is -0.341 e. The van der Waals surface area contributed by atoms with Crippen molar-refractivity contribution in [2.75, 3.05) is 18.4 Å². The van der Waals surface area contributed by atoms with Crippen LogP contribution in [0.2, 0.25) is 0 Å². The summed E-state index contributed by atoms with van der Waals surface area (Å²) < 4.78 is 1.93. The fraction of sp³-hybridized carbons (Fsp3) is 0.560. The van der Waals surface area contributed by atoms with Crippen molar-refractivity contribution in [3.8, 4) is 0 Å². The molecule has 1 aromatic heterocycles.